The maximum atomic E-state index is 5.81. The highest BCUT2D eigenvalue weighted by Crippen LogP contribution is 2.29. The van der Waals surface area contributed by atoms with Crippen molar-refractivity contribution in [2.45, 2.75) is 13.2 Å². The summed E-state index contributed by atoms with van der Waals surface area (Å²) in [5, 5.41) is 0. The summed E-state index contributed by atoms with van der Waals surface area (Å²) in [5.74, 6) is 3.16. The lowest BCUT2D eigenvalue weighted by atomic mass is 10.2. The van der Waals surface area contributed by atoms with Gasteiger partial charge in [0.05, 0.1) is 34.5 Å². The van der Waals surface area contributed by atoms with Gasteiger partial charge >= 0.3 is 0 Å². The second-order valence-corrected chi connectivity index (χ2v) is 6.36. The summed E-state index contributed by atoms with van der Waals surface area (Å²) in [6, 6.07) is 12.6. The van der Waals surface area contributed by atoms with Gasteiger partial charge in [-0.3, -0.25) is 0 Å². The Morgan fingerprint density at radius 2 is 1.03 bits per heavy atom. The van der Waals surface area contributed by atoms with Gasteiger partial charge in [0.25, 0.3) is 0 Å². The van der Waals surface area contributed by atoms with Crippen molar-refractivity contribution in [2.75, 3.05) is 34.2 Å². The van der Waals surface area contributed by atoms with Crippen LogP contribution < -0.4 is 34.2 Å². The Bertz CT molecular complexity index is 950. The SMILES string of the molecule is COc1ccc(COc2cc(OCc3ccc(OC)c(OC)c3)nc(N)n2)cc1OC. The topological polar surface area (TPSA) is 107 Å². The Balaban J connectivity index is 1.66. The molecule has 0 fully saturated rings. The average molecular weight is 427 g/mol. The molecule has 9 heteroatoms. The highest BCUT2D eigenvalue weighted by Gasteiger charge is 2.10. The van der Waals surface area contributed by atoms with Crippen molar-refractivity contribution in [2.24, 2.45) is 0 Å². The van der Waals surface area contributed by atoms with E-state index in [1.807, 2.05) is 36.4 Å². The van der Waals surface area contributed by atoms with Gasteiger partial charge in [-0.25, -0.2) is 0 Å². The molecule has 0 bridgehead atoms. The summed E-state index contributed by atoms with van der Waals surface area (Å²) >= 11 is 0. The van der Waals surface area contributed by atoms with Crippen molar-refractivity contribution in [3.05, 3.63) is 53.6 Å². The minimum absolute atomic E-state index is 0.0483. The monoisotopic (exact) mass is 427 g/mol. The van der Waals surface area contributed by atoms with E-state index >= 15 is 0 Å². The number of nitrogen functional groups attached to an aromatic ring is 1. The van der Waals surface area contributed by atoms with Gasteiger partial charge in [0.2, 0.25) is 17.7 Å². The third-order valence-corrected chi connectivity index (χ3v) is 4.37. The Labute approximate surface area is 180 Å². The van der Waals surface area contributed by atoms with E-state index < -0.39 is 0 Å². The molecule has 2 N–H and O–H groups in total. The third kappa shape index (κ3) is 5.59. The van der Waals surface area contributed by atoms with Gasteiger partial charge in [0.15, 0.2) is 23.0 Å². The van der Waals surface area contributed by atoms with Crippen LogP contribution in [0.2, 0.25) is 0 Å². The molecule has 0 atom stereocenters. The first-order valence-electron chi connectivity index (χ1n) is 9.38. The molecule has 2 aromatic carbocycles. The first-order chi connectivity index (χ1) is 15.1. The van der Waals surface area contributed by atoms with Crippen molar-refractivity contribution in [3.8, 4) is 34.8 Å². The molecule has 0 spiro atoms. The highest BCUT2D eigenvalue weighted by atomic mass is 16.5. The number of hydrogen-bond acceptors (Lipinski definition) is 9. The Morgan fingerprint density at radius 1 is 0.613 bits per heavy atom. The van der Waals surface area contributed by atoms with E-state index in [-0.39, 0.29) is 19.2 Å². The molecule has 0 aliphatic carbocycles. The zero-order valence-electron chi connectivity index (χ0n) is 17.9. The lowest BCUT2D eigenvalue weighted by Crippen LogP contribution is -2.05. The zero-order chi connectivity index (χ0) is 22.2. The van der Waals surface area contributed by atoms with Crippen LogP contribution in [-0.4, -0.2) is 38.4 Å². The minimum Gasteiger partial charge on any atom is -0.493 e. The molecule has 0 aliphatic rings. The number of nitrogens with zero attached hydrogens (tertiary/aromatic N) is 2. The third-order valence-electron chi connectivity index (χ3n) is 4.37. The predicted molar refractivity (Wildman–Crippen MR) is 114 cm³/mol. The summed E-state index contributed by atoms with van der Waals surface area (Å²) in [6.45, 7) is 0.512. The molecule has 0 saturated carbocycles. The molecule has 0 radical (unpaired) electrons. The van der Waals surface area contributed by atoms with Crippen LogP contribution in [0.25, 0.3) is 0 Å². The van der Waals surface area contributed by atoms with Crippen LogP contribution in [0, 0.1) is 0 Å². The van der Waals surface area contributed by atoms with E-state index in [4.69, 9.17) is 34.2 Å². The number of benzene rings is 2. The first kappa shape index (κ1) is 21.8. The van der Waals surface area contributed by atoms with E-state index in [2.05, 4.69) is 9.97 Å². The van der Waals surface area contributed by atoms with E-state index in [1.54, 1.807) is 34.5 Å². The first-order valence-corrected chi connectivity index (χ1v) is 9.38. The lowest BCUT2D eigenvalue weighted by molar-refractivity contribution is 0.273. The summed E-state index contributed by atoms with van der Waals surface area (Å²) in [6.07, 6.45) is 0. The maximum Gasteiger partial charge on any atom is 0.226 e. The van der Waals surface area contributed by atoms with Crippen molar-refractivity contribution in [1.82, 2.24) is 9.97 Å². The van der Waals surface area contributed by atoms with Gasteiger partial charge in [0.1, 0.15) is 13.2 Å². The molecule has 3 aromatic rings. The molecule has 31 heavy (non-hydrogen) atoms. The summed E-state index contributed by atoms with van der Waals surface area (Å²) in [4.78, 5) is 8.20. The van der Waals surface area contributed by atoms with Crippen molar-refractivity contribution >= 4 is 5.95 Å². The predicted octanol–water partition coefficient (Wildman–Crippen LogP) is 3.25. The largest absolute Gasteiger partial charge is 0.493 e. The zero-order valence-corrected chi connectivity index (χ0v) is 17.9. The number of ether oxygens (including phenoxy) is 6. The number of aromatic nitrogens is 2. The van der Waals surface area contributed by atoms with Crippen LogP contribution in [0.3, 0.4) is 0 Å². The number of methoxy groups -OCH3 is 4. The fraction of sp³-hybridized carbons (Fsp3) is 0.273. The standard InChI is InChI=1S/C22H25N3O6/c1-26-16-7-5-14(9-18(16)28-3)12-30-20-11-21(25-22(23)24-20)31-13-15-6-8-17(27-2)19(10-15)29-4/h5-11H,12-13H2,1-4H3,(H2,23,24,25). The smallest absolute Gasteiger partial charge is 0.226 e. The summed E-state index contributed by atoms with van der Waals surface area (Å²) in [5.41, 5.74) is 7.56. The van der Waals surface area contributed by atoms with Gasteiger partial charge < -0.3 is 34.2 Å². The second-order valence-electron chi connectivity index (χ2n) is 6.36. The normalized spacial score (nSPS) is 10.3. The van der Waals surface area contributed by atoms with E-state index in [0.717, 1.165) is 11.1 Å². The van der Waals surface area contributed by atoms with Gasteiger partial charge in [-0.2, -0.15) is 9.97 Å². The highest BCUT2D eigenvalue weighted by molar-refractivity contribution is 5.43. The van der Waals surface area contributed by atoms with Gasteiger partial charge in [-0.05, 0) is 35.4 Å². The molecule has 0 aliphatic heterocycles. The van der Waals surface area contributed by atoms with Gasteiger partial charge in [-0.15, -0.1) is 0 Å². The molecule has 0 unspecified atom stereocenters. The van der Waals surface area contributed by atoms with E-state index in [9.17, 15) is 0 Å². The van der Waals surface area contributed by atoms with Crippen molar-refractivity contribution in [3.63, 3.8) is 0 Å². The fourth-order valence-electron chi connectivity index (χ4n) is 2.82. The van der Waals surface area contributed by atoms with Crippen LogP contribution >= 0.6 is 0 Å². The molecule has 9 nitrogen and oxygen atoms in total. The number of hydrogen-bond donors (Lipinski definition) is 1. The van der Waals surface area contributed by atoms with E-state index in [0.29, 0.717) is 34.8 Å². The van der Waals surface area contributed by atoms with Crippen LogP contribution in [0.5, 0.6) is 34.8 Å². The van der Waals surface area contributed by atoms with Crippen molar-refractivity contribution in [1.29, 1.82) is 0 Å². The quantitative estimate of drug-likeness (QED) is 0.522. The average Bonchev–Trinajstić information content (AvgIpc) is 2.80. The van der Waals surface area contributed by atoms with Gasteiger partial charge in [0, 0.05) is 0 Å². The molecule has 1 heterocycles. The van der Waals surface area contributed by atoms with E-state index in [1.165, 1.54) is 0 Å². The number of rotatable bonds is 10. The van der Waals surface area contributed by atoms with Crippen LogP contribution in [0.1, 0.15) is 11.1 Å². The molecule has 0 amide bonds. The van der Waals surface area contributed by atoms with Crippen LogP contribution in [-0.2, 0) is 13.2 Å². The Kier molecular flexibility index (Phi) is 7.21. The molecular weight excluding hydrogens is 402 g/mol. The lowest BCUT2D eigenvalue weighted by Gasteiger charge is -2.12. The minimum atomic E-state index is 0.0483. The molecule has 3 rings (SSSR count). The second kappa shape index (κ2) is 10.2. The molecule has 1 aromatic heterocycles. The van der Waals surface area contributed by atoms with Crippen LogP contribution in [0.15, 0.2) is 42.5 Å². The molecular formula is C22H25N3O6. The van der Waals surface area contributed by atoms with Crippen LogP contribution in [0.4, 0.5) is 5.95 Å². The van der Waals surface area contributed by atoms with Gasteiger partial charge in [-0.1, -0.05) is 12.1 Å². The maximum absolute atomic E-state index is 5.81. The fourth-order valence-corrected chi connectivity index (χ4v) is 2.82. The Hall–Kier alpha value is -3.88. The number of anilines is 1. The molecule has 0 saturated heterocycles. The van der Waals surface area contributed by atoms with Crippen molar-refractivity contribution < 1.29 is 28.4 Å². The summed E-state index contributed by atoms with van der Waals surface area (Å²) in [7, 11) is 6.33. The Morgan fingerprint density at radius 3 is 1.42 bits per heavy atom. The number of nitrogens with two attached hydrogens (primary N) is 1. The molecule has 164 valence electrons. The summed E-state index contributed by atoms with van der Waals surface area (Å²) < 4.78 is 32.6.